The summed E-state index contributed by atoms with van der Waals surface area (Å²) in [5, 5.41) is 5.19. The Morgan fingerprint density at radius 3 is 1.67 bits per heavy atom. The van der Waals surface area contributed by atoms with E-state index in [4.69, 9.17) is 9.98 Å². The Morgan fingerprint density at radius 1 is 0.700 bits per heavy atom. The lowest BCUT2D eigenvalue weighted by Gasteiger charge is -2.24. The number of nitrogens with zero attached hydrogens (tertiary/aromatic N) is 2. The number of hydrogen-bond acceptors (Lipinski definition) is 4. The van der Waals surface area contributed by atoms with Crippen molar-refractivity contribution in [3.05, 3.63) is 24.3 Å². The van der Waals surface area contributed by atoms with Crippen LogP contribution in [-0.4, -0.2) is 10.1 Å². The molecule has 0 fully saturated rings. The van der Waals surface area contributed by atoms with E-state index in [0.29, 0.717) is 0 Å². The second kappa shape index (κ2) is 9.91. The summed E-state index contributed by atoms with van der Waals surface area (Å²) in [6.07, 6.45) is 9.81. The molecule has 2 aromatic carbocycles. The van der Waals surface area contributed by atoms with Crippen molar-refractivity contribution in [1.82, 2.24) is 0 Å². The fourth-order valence-electron chi connectivity index (χ4n) is 4.51. The molecule has 0 aromatic heterocycles. The normalized spacial score (nSPS) is 16.0. The molecule has 0 saturated heterocycles. The maximum absolute atomic E-state index is 5.12. The summed E-state index contributed by atoms with van der Waals surface area (Å²) in [6, 6.07) is 9.04. The predicted octanol–water partition coefficient (Wildman–Crippen LogP) is 9.54. The third-order valence-corrected chi connectivity index (χ3v) is 8.72. The molecular weight excluding hydrogens is 404 g/mol. The molecule has 4 heteroatoms. The molecule has 0 saturated carbocycles. The van der Waals surface area contributed by atoms with E-state index in [9.17, 15) is 0 Å². The molecule has 0 radical (unpaired) electrons. The van der Waals surface area contributed by atoms with Crippen LogP contribution in [0.4, 0.5) is 11.4 Å². The minimum atomic E-state index is 0.729. The molecule has 0 aliphatic carbocycles. The highest BCUT2D eigenvalue weighted by Crippen LogP contribution is 2.50. The van der Waals surface area contributed by atoms with Gasteiger partial charge < -0.3 is 0 Å². The Labute approximate surface area is 190 Å². The molecule has 0 bridgehead atoms. The molecule has 2 aliphatic heterocycles. The van der Waals surface area contributed by atoms with Gasteiger partial charge in [-0.1, -0.05) is 89.7 Å². The van der Waals surface area contributed by atoms with Crippen molar-refractivity contribution in [2.24, 2.45) is 21.8 Å². The van der Waals surface area contributed by atoms with Gasteiger partial charge in [0.2, 0.25) is 0 Å². The highest BCUT2D eigenvalue weighted by atomic mass is 32.2. The van der Waals surface area contributed by atoms with Crippen LogP contribution >= 0.6 is 23.5 Å². The van der Waals surface area contributed by atoms with Crippen molar-refractivity contribution in [2.45, 2.75) is 88.9 Å². The van der Waals surface area contributed by atoms with Gasteiger partial charge in [0.25, 0.3) is 0 Å². The van der Waals surface area contributed by atoms with Gasteiger partial charge in [-0.05, 0) is 48.9 Å². The molecule has 0 amide bonds. The Balaban J connectivity index is 1.65. The van der Waals surface area contributed by atoms with Crippen molar-refractivity contribution < 1.29 is 0 Å². The van der Waals surface area contributed by atoms with Crippen LogP contribution < -0.4 is 0 Å². The van der Waals surface area contributed by atoms with Gasteiger partial charge in [0, 0.05) is 20.6 Å². The van der Waals surface area contributed by atoms with Gasteiger partial charge >= 0.3 is 0 Å². The molecular formula is C26H34N2S2. The summed E-state index contributed by atoms with van der Waals surface area (Å²) in [7, 11) is 0. The van der Waals surface area contributed by atoms with E-state index in [1.54, 1.807) is 0 Å². The molecule has 4 rings (SSSR count). The van der Waals surface area contributed by atoms with Crippen LogP contribution in [-0.2, 0) is 0 Å². The van der Waals surface area contributed by atoms with Gasteiger partial charge in [-0.15, -0.1) is 0 Å². The first-order valence-corrected chi connectivity index (χ1v) is 13.4. The second-order valence-corrected chi connectivity index (χ2v) is 10.9. The molecule has 0 N–H and O–H groups in total. The Kier molecular flexibility index (Phi) is 7.25. The first-order chi connectivity index (χ1) is 14.7. The minimum Gasteiger partial charge on any atom is -0.246 e. The maximum Gasteiger partial charge on any atom is 0.0789 e. The Morgan fingerprint density at radius 2 is 1.20 bits per heavy atom. The molecule has 2 heterocycles. The van der Waals surface area contributed by atoms with E-state index in [-0.39, 0.29) is 0 Å². The lowest BCUT2D eigenvalue weighted by molar-refractivity contribution is 0.468. The van der Waals surface area contributed by atoms with Gasteiger partial charge in [-0.2, -0.15) is 0 Å². The van der Waals surface area contributed by atoms with E-state index in [2.05, 4.69) is 52.0 Å². The summed E-state index contributed by atoms with van der Waals surface area (Å²) < 4.78 is 0. The fraction of sp³-hybridized carbons (Fsp3) is 0.538. The summed E-state index contributed by atoms with van der Waals surface area (Å²) in [4.78, 5) is 12.9. The van der Waals surface area contributed by atoms with E-state index < -0.39 is 0 Å². The zero-order valence-corrected chi connectivity index (χ0v) is 20.5. The van der Waals surface area contributed by atoms with E-state index >= 15 is 0 Å². The summed E-state index contributed by atoms with van der Waals surface area (Å²) in [5.41, 5.74) is 2.28. The number of unbranched alkanes of at least 4 members (excludes halogenated alkanes) is 1. The van der Waals surface area contributed by atoms with Crippen LogP contribution in [0, 0.1) is 11.8 Å². The molecule has 2 nitrogen and oxygen atoms in total. The average Bonchev–Trinajstić information content (AvgIpc) is 2.78. The van der Waals surface area contributed by atoms with Crippen LogP contribution in [0.2, 0.25) is 0 Å². The number of rotatable bonds is 10. The Hall–Kier alpha value is -1.26. The fourth-order valence-corrected chi connectivity index (χ4v) is 6.83. The third-order valence-electron chi connectivity index (χ3n) is 6.61. The monoisotopic (exact) mass is 438 g/mol. The van der Waals surface area contributed by atoms with Crippen molar-refractivity contribution in [1.29, 1.82) is 0 Å². The van der Waals surface area contributed by atoms with Crippen molar-refractivity contribution in [2.75, 3.05) is 0 Å². The standard InChI is InChI=1S/C26H34N2S2/c1-5-9-10-18(8-4)16-24-28-20-12-13-21-25-19(11-14-22(30-24)26(20)25)27-23(29-21)15-17(6-2)7-3/h11-14,17-18H,5-10,15-16H2,1-4H3. The van der Waals surface area contributed by atoms with Gasteiger partial charge in [0.15, 0.2) is 0 Å². The molecule has 160 valence electrons. The van der Waals surface area contributed by atoms with Gasteiger partial charge in [0.05, 0.1) is 21.5 Å². The smallest absolute Gasteiger partial charge is 0.0789 e. The van der Waals surface area contributed by atoms with Crippen LogP contribution in [0.5, 0.6) is 0 Å². The lowest BCUT2D eigenvalue weighted by atomic mass is 9.96. The summed E-state index contributed by atoms with van der Waals surface area (Å²) >= 11 is 3.77. The van der Waals surface area contributed by atoms with Gasteiger partial charge in [-0.3, -0.25) is 0 Å². The van der Waals surface area contributed by atoms with Gasteiger partial charge in [0.1, 0.15) is 0 Å². The number of benzene rings is 2. The lowest BCUT2D eigenvalue weighted by Crippen LogP contribution is -2.08. The largest absolute Gasteiger partial charge is 0.246 e. The van der Waals surface area contributed by atoms with Crippen LogP contribution in [0.3, 0.4) is 0 Å². The third kappa shape index (κ3) is 4.50. The number of thioether (sulfide) groups is 2. The molecule has 1 atom stereocenters. The minimum absolute atomic E-state index is 0.729. The quantitative estimate of drug-likeness (QED) is 0.369. The molecule has 0 spiro atoms. The van der Waals surface area contributed by atoms with Gasteiger partial charge in [-0.25, -0.2) is 9.98 Å². The summed E-state index contributed by atoms with van der Waals surface area (Å²) in [5.74, 6) is 1.48. The zero-order chi connectivity index (χ0) is 21.1. The molecule has 2 aromatic rings. The predicted molar refractivity (Wildman–Crippen MR) is 136 cm³/mol. The van der Waals surface area contributed by atoms with E-state index in [1.807, 2.05) is 23.5 Å². The summed E-state index contributed by atoms with van der Waals surface area (Å²) in [6.45, 7) is 9.19. The Bertz CT molecular complexity index is 973. The molecule has 30 heavy (non-hydrogen) atoms. The highest BCUT2D eigenvalue weighted by molar-refractivity contribution is 8.14. The van der Waals surface area contributed by atoms with E-state index in [0.717, 1.165) is 36.1 Å². The van der Waals surface area contributed by atoms with Crippen LogP contribution in [0.1, 0.15) is 79.1 Å². The highest BCUT2D eigenvalue weighted by Gasteiger charge is 2.25. The van der Waals surface area contributed by atoms with Crippen LogP contribution in [0.25, 0.3) is 10.8 Å². The first-order valence-electron chi connectivity index (χ1n) is 11.8. The molecule has 1 unspecified atom stereocenters. The van der Waals surface area contributed by atoms with Crippen molar-refractivity contribution >= 4 is 55.8 Å². The maximum atomic E-state index is 5.12. The molecule has 2 aliphatic rings. The number of hydrogen-bond donors (Lipinski definition) is 0. The average molecular weight is 439 g/mol. The van der Waals surface area contributed by atoms with E-state index in [1.165, 1.54) is 69.2 Å². The first kappa shape index (κ1) is 22.0. The SMILES string of the molecule is CCCCC(CC)CC1=Nc2ccc3c4c(ccc(c24)S1)N=C(CC(CC)CC)S3. The van der Waals surface area contributed by atoms with Crippen LogP contribution in [0.15, 0.2) is 44.0 Å². The second-order valence-electron chi connectivity index (χ2n) is 8.64. The number of aliphatic imine (C=N–C) groups is 2. The van der Waals surface area contributed by atoms with Crippen molar-refractivity contribution in [3.63, 3.8) is 0 Å². The topological polar surface area (TPSA) is 24.7 Å². The zero-order valence-electron chi connectivity index (χ0n) is 18.8. The van der Waals surface area contributed by atoms with Crippen molar-refractivity contribution in [3.8, 4) is 0 Å².